The lowest BCUT2D eigenvalue weighted by atomic mass is 9.84. The molecule has 1 N–H and O–H groups in total. The Bertz CT molecular complexity index is 664. The molecule has 0 bridgehead atoms. The van der Waals surface area contributed by atoms with Gasteiger partial charge in [-0.2, -0.15) is 0 Å². The van der Waals surface area contributed by atoms with Crippen molar-refractivity contribution in [3.63, 3.8) is 0 Å². The number of carbonyl (C=O) groups excluding carboxylic acids is 1. The molecule has 1 amide bonds. The van der Waals surface area contributed by atoms with Crippen LogP contribution in [0.15, 0.2) is 60.7 Å². The minimum absolute atomic E-state index is 0.0504. The Labute approximate surface area is 150 Å². The molecule has 3 nitrogen and oxygen atoms in total. The van der Waals surface area contributed by atoms with E-state index in [1.165, 1.54) is 0 Å². The highest BCUT2D eigenvalue weighted by Gasteiger charge is 2.43. The van der Waals surface area contributed by atoms with E-state index in [1.54, 1.807) is 0 Å². The lowest BCUT2D eigenvalue weighted by Gasteiger charge is -2.31. The highest BCUT2D eigenvalue weighted by atomic mass is 16.5. The van der Waals surface area contributed by atoms with Crippen LogP contribution in [0.1, 0.15) is 51.2 Å². The molecule has 1 aliphatic rings. The minimum Gasteiger partial charge on any atom is -0.362 e. The molecule has 0 spiro atoms. The van der Waals surface area contributed by atoms with Crippen LogP contribution in [0, 0.1) is 0 Å². The van der Waals surface area contributed by atoms with E-state index in [1.807, 2.05) is 57.2 Å². The molecule has 0 aromatic heterocycles. The number of ether oxygens (including phenoxy) is 1. The second kappa shape index (κ2) is 7.01. The van der Waals surface area contributed by atoms with Gasteiger partial charge in [0, 0.05) is 5.54 Å². The molecule has 1 saturated heterocycles. The minimum atomic E-state index is -0.463. The zero-order valence-electron chi connectivity index (χ0n) is 15.3. The first-order valence-electron chi connectivity index (χ1n) is 8.99. The topological polar surface area (TPSA) is 38.3 Å². The normalized spacial score (nSPS) is 19.6. The van der Waals surface area contributed by atoms with Crippen molar-refractivity contribution in [3.8, 4) is 0 Å². The SMILES string of the molecule is CC(C)(C)NC(=O)CC1CCC(c2ccccc2)(c2ccccc2)O1. The zero-order chi connectivity index (χ0) is 17.9. The summed E-state index contributed by atoms with van der Waals surface area (Å²) in [5.74, 6) is 0.0504. The van der Waals surface area contributed by atoms with E-state index >= 15 is 0 Å². The molecule has 25 heavy (non-hydrogen) atoms. The maximum Gasteiger partial charge on any atom is 0.223 e. The van der Waals surface area contributed by atoms with Crippen molar-refractivity contribution >= 4 is 5.91 Å². The molecule has 3 heteroatoms. The van der Waals surface area contributed by atoms with Crippen molar-refractivity contribution in [1.29, 1.82) is 0 Å². The van der Waals surface area contributed by atoms with Gasteiger partial charge >= 0.3 is 0 Å². The summed E-state index contributed by atoms with van der Waals surface area (Å²) < 4.78 is 6.55. The van der Waals surface area contributed by atoms with Crippen LogP contribution in [0.4, 0.5) is 0 Å². The van der Waals surface area contributed by atoms with Gasteiger partial charge in [0.25, 0.3) is 0 Å². The predicted octanol–water partition coefficient (Wildman–Crippen LogP) is 4.41. The number of amides is 1. The Kier molecular flexibility index (Phi) is 4.96. The van der Waals surface area contributed by atoms with Crippen molar-refractivity contribution in [2.24, 2.45) is 0 Å². The summed E-state index contributed by atoms with van der Waals surface area (Å²) in [6.07, 6.45) is 2.09. The molecular weight excluding hydrogens is 310 g/mol. The van der Waals surface area contributed by atoms with Gasteiger partial charge in [-0.15, -0.1) is 0 Å². The van der Waals surface area contributed by atoms with E-state index in [-0.39, 0.29) is 17.6 Å². The number of hydrogen-bond acceptors (Lipinski definition) is 2. The molecular formula is C22H27NO2. The summed E-state index contributed by atoms with van der Waals surface area (Å²) in [6.45, 7) is 6.00. The number of hydrogen-bond donors (Lipinski definition) is 1. The van der Waals surface area contributed by atoms with E-state index in [2.05, 4.69) is 29.6 Å². The summed E-state index contributed by atoms with van der Waals surface area (Å²) in [5, 5.41) is 3.03. The van der Waals surface area contributed by atoms with Crippen LogP contribution in [0.3, 0.4) is 0 Å². The summed E-state index contributed by atoms with van der Waals surface area (Å²) >= 11 is 0. The summed E-state index contributed by atoms with van der Waals surface area (Å²) in [5.41, 5.74) is 1.63. The van der Waals surface area contributed by atoms with Crippen LogP contribution in [-0.2, 0) is 15.1 Å². The second-order valence-corrected chi connectivity index (χ2v) is 7.84. The number of rotatable bonds is 4. The van der Waals surface area contributed by atoms with Crippen LogP contribution < -0.4 is 5.32 Å². The third-order valence-corrected chi connectivity index (χ3v) is 4.59. The van der Waals surface area contributed by atoms with Crippen molar-refractivity contribution in [2.75, 3.05) is 0 Å². The average Bonchev–Trinajstić information content (AvgIpc) is 3.00. The fourth-order valence-electron chi connectivity index (χ4n) is 3.59. The molecule has 132 valence electrons. The number of nitrogens with one attached hydrogen (secondary N) is 1. The number of benzene rings is 2. The van der Waals surface area contributed by atoms with E-state index in [0.717, 1.165) is 24.0 Å². The molecule has 0 saturated carbocycles. The molecule has 0 radical (unpaired) electrons. The Morgan fingerprint density at radius 3 is 2.04 bits per heavy atom. The van der Waals surface area contributed by atoms with Gasteiger partial charge in [-0.3, -0.25) is 4.79 Å². The third-order valence-electron chi connectivity index (χ3n) is 4.59. The van der Waals surface area contributed by atoms with Gasteiger partial charge in [-0.05, 0) is 44.7 Å². The molecule has 1 atom stereocenters. The average molecular weight is 337 g/mol. The van der Waals surface area contributed by atoms with Crippen LogP contribution in [0.2, 0.25) is 0 Å². The molecule has 1 fully saturated rings. The van der Waals surface area contributed by atoms with E-state index in [4.69, 9.17) is 4.74 Å². The summed E-state index contributed by atoms with van der Waals surface area (Å²) in [6, 6.07) is 20.7. The molecule has 0 aliphatic carbocycles. The molecule has 1 aliphatic heterocycles. The first-order valence-corrected chi connectivity index (χ1v) is 8.99. The van der Waals surface area contributed by atoms with Gasteiger partial charge in [0.15, 0.2) is 0 Å². The summed E-state index contributed by atoms with van der Waals surface area (Å²) in [7, 11) is 0. The smallest absolute Gasteiger partial charge is 0.223 e. The fraction of sp³-hybridized carbons (Fsp3) is 0.409. The van der Waals surface area contributed by atoms with E-state index in [9.17, 15) is 4.79 Å². The summed E-state index contributed by atoms with van der Waals surface area (Å²) in [4.78, 5) is 12.3. The van der Waals surface area contributed by atoms with Gasteiger partial charge in [-0.1, -0.05) is 60.7 Å². The van der Waals surface area contributed by atoms with Crippen LogP contribution in [0.25, 0.3) is 0 Å². The number of carbonyl (C=O) groups is 1. The van der Waals surface area contributed by atoms with E-state index < -0.39 is 5.60 Å². The lowest BCUT2D eigenvalue weighted by Crippen LogP contribution is -2.42. The highest BCUT2D eigenvalue weighted by molar-refractivity contribution is 5.77. The van der Waals surface area contributed by atoms with Gasteiger partial charge in [0.2, 0.25) is 5.91 Å². The predicted molar refractivity (Wildman–Crippen MR) is 100 cm³/mol. The first kappa shape index (κ1) is 17.7. The van der Waals surface area contributed by atoms with Gasteiger partial charge in [0.05, 0.1) is 12.5 Å². The van der Waals surface area contributed by atoms with Crippen LogP contribution in [0.5, 0.6) is 0 Å². The first-order chi connectivity index (χ1) is 11.9. The van der Waals surface area contributed by atoms with Crippen LogP contribution in [-0.4, -0.2) is 17.6 Å². The largest absolute Gasteiger partial charge is 0.362 e. The Balaban J connectivity index is 1.83. The lowest BCUT2D eigenvalue weighted by molar-refractivity contribution is -0.126. The van der Waals surface area contributed by atoms with Crippen LogP contribution >= 0.6 is 0 Å². The van der Waals surface area contributed by atoms with E-state index in [0.29, 0.717) is 6.42 Å². The van der Waals surface area contributed by atoms with Crippen molar-refractivity contribution < 1.29 is 9.53 Å². The quantitative estimate of drug-likeness (QED) is 0.897. The van der Waals surface area contributed by atoms with Crippen molar-refractivity contribution in [1.82, 2.24) is 5.32 Å². The molecule has 2 aromatic carbocycles. The fourth-order valence-corrected chi connectivity index (χ4v) is 3.59. The van der Waals surface area contributed by atoms with Crippen molar-refractivity contribution in [3.05, 3.63) is 71.8 Å². The molecule has 2 aromatic rings. The Hall–Kier alpha value is -2.13. The second-order valence-electron chi connectivity index (χ2n) is 7.84. The monoisotopic (exact) mass is 337 g/mol. The standard InChI is InChI=1S/C22H27NO2/c1-21(2,3)23-20(24)16-19-14-15-22(25-19,17-10-6-4-7-11-17)18-12-8-5-9-13-18/h4-13,19H,14-16H2,1-3H3,(H,23,24). The van der Waals surface area contributed by atoms with Crippen molar-refractivity contribution in [2.45, 2.75) is 57.3 Å². The zero-order valence-corrected chi connectivity index (χ0v) is 15.3. The third kappa shape index (κ3) is 4.10. The highest BCUT2D eigenvalue weighted by Crippen LogP contribution is 2.45. The van der Waals surface area contributed by atoms with Gasteiger partial charge in [0.1, 0.15) is 5.60 Å². The Morgan fingerprint density at radius 2 is 1.56 bits per heavy atom. The maximum atomic E-state index is 12.3. The molecule has 3 rings (SSSR count). The van der Waals surface area contributed by atoms with Gasteiger partial charge < -0.3 is 10.1 Å². The molecule has 1 unspecified atom stereocenters. The molecule has 1 heterocycles. The van der Waals surface area contributed by atoms with Gasteiger partial charge in [-0.25, -0.2) is 0 Å². The maximum absolute atomic E-state index is 12.3. The Morgan fingerprint density at radius 1 is 1.04 bits per heavy atom.